The van der Waals surface area contributed by atoms with E-state index in [0.717, 1.165) is 16.7 Å². The zero-order valence-electron chi connectivity index (χ0n) is 22.3. The lowest BCUT2D eigenvalue weighted by atomic mass is 9.78. The first-order chi connectivity index (χ1) is 18.9. The zero-order valence-corrected chi connectivity index (χ0v) is 23.9. The maximum Gasteiger partial charge on any atom is 0.327 e. The van der Waals surface area contributed by atoms with Gasteiger partial charge in [-0.15, -0.1) is 0 Å². The fourth-order valence-electron chi connectivity index (χ4n) is 4.89. The molecule has 0 saturated carbocycles. The maximum absolute atomic E-state index is 13.5. The first-order valence-corrected chi connectivity index (χ1v) is 15.3. The average Bonchev–Trinajstić information content (AvgIpc) is 2.91. The number of carboxylic acids is 1. The van der Waals surface area contributed by atoms with E-state index in [1.54, 1.807) is 32.0 Å². The maximum atomic E-state index is 13.5. The number of amides is 3. The molecule has 12 heteroatoms. The second kappa shape index (κ2) is 12.1. The van der Waals surface area contributed by atoms with Gasteiger partial charge in [0.15, 0.2) is 0 Å². The Bertz CT molecular complexity index is 1290. The highest BCUT2D eigenvalue weighted by Crippen LogP contribution is 2.39. The van der Waals surface area contributed by atoms with Crippen LogP contribution in [0.5, 0.6) is 5.75 Å². The lowest BCUT2D eigenvalue weighted by molar-refractivity contribution is -0.143. The van der Waals surface area contributed by atoms with Crippen LogP contribution in [0, 0.1) is 0 Å². The number of fused-ring (bicyclic) bond motifs is 1. The molecule has 7 N–H and O–H groups in total. The summed E-state index contributed by atoms with van der Waals surface area (Å²) in [5, 5.41) is 27.8. The van der Waals surface area contributed by atoms with Gasteiger partial charge in [-0.25, -0.2) is 4.79 Å². The number of carboxylic acid groups (broad SMARTS) is 1. The van der Waals surface area contributed by atoms with Gasteiger partial charge in [0.25, 0.3) is 0 Å². The number of hydrogen-bond donors (Lipinski definition) is 6. The molecule has 0 unspecified atom stereocenters. The third-order valence-electron chi connectivity index (χ3n) is 7.26. The van der Waals surface area contributed by atoms with Gasteiger partial charge in [0.2, 0.25) is 17.7 Å². The SMILES string of the molecule is CC1(C)SSC[C@H](NC(=O)[C@]2(N)CCc3cc(O)ccc3C2)C(=O)N[C@@H](Cc2ccccc2)C(=O)N[C@@H]1C(=O)O. The summed E-state index contributed by atoms with van der Waals surface area (Å²) < 4.78 is -0.931. The molecule has 0 aromatic heterocycles. The number of aliphatic carboxylic acids is 1. The average molecular weight is 587 g/mol. The van der Waals surface area contributed by atoms with E-state index in [9.17, 15) is 29.4 Å². The minimum absolute atomic E-state index is 0.130. The number of nitrogens with one attached hydrogen (secondary N) is 3. The number of hydrogen-bond acceptors (Lipinski definition) is 8. The van der Waals surface area contributed by atoms with Gasteiger partial charge in [-0.2, -0.15) is 0 Å². The van der Waals surface area contributed by atoms with Crippen LogP contribution >= 0.6 is 21.6 Å². The normalized spacial score (nSPS) is 26.8. The standard InChI is InChI=1S/C28H34N4O6S2/c1-27(2)22(25(36)37)32-23(34)20(12-16-6-4-3-5-7-16)30-24(35)21(15-39-40-27)31-26(38)28(29)11-10-17-13-19(33)9-8-18(17)14-28/h3-9,13,20-22,33H,10-12,14-15,29H2,1-2H3,(H,30,35)(H,31,38)(H,32,34)(H,36,37)/t20-,21-,22+,28-/m0/s1. The van der Waals surface area contributed by atoms with Gasteiger partial charge >= 0.3 is 5.97 Å². The predicted octanol–water partition coefficient (Wildman–Crippen LogP) is 1.53. The molecule has 0 spiro atoms. The molecule has 1 heterocycles. The second-order valence-corrected chi connectivity index (χ2v) is 13.8. The molecule has 40 heavy (non-hydrogen) atoms. The Kier molecular flexibility index (Phi) is 9.01. The van der Waals surface area contributed by atoms with E-state index < -0.39 is 52.1 Å². The van der Waals surface area contributed by atoms with Crippen LogP contribution in [-0.4, -0.2) is 68.1 Å². The molecule has 2 aliphatic rings. The molecular formula is C28H34N4O6S2. The number of benzene rings is 2. The van der Waals surface area contributed by atoms with Crippen molar-refractivity contribution in [1.29, 1.82) is 0 Å². The van der Waals surface area contributed by atoms with Crippen molar-refractivity contribution in [3.05, 3.63) is 65.2 Å². The fraction of sp³-hybridized carbons (Fsp3) is 0.429. The number of carbonyl (C=O) groups is 4. The number of carbonyl (C=O) groups excluding carboxylic acids is 3. The minimum atomic E-state index is -1.26. The summed E-state index contributed by atoms with van der Waals surface area (Å²) >= 11 is 0. The van der Waals surface area contributed by atoms with Crippen LogP contribution in [0.4, 0.5) is 0 Å². The Hall–Kier alpha value is -3.22. The number of aromatic hydroxyl groups is 1. The number of phenols is 1. The van der Waals surface area contributed by atoms with Crippen LogP contribution < -0.4 is 21.7 Å². The lowest BCUT2D eigenvalue weighted by Gasteiger charge is -2.35. The van der Waals surface area contributed by atoms with Gasteiger partial charge in [0.05, 0.1) is 10.3 Å². The number of nitrogens with two attached hydrogens (primary N) is 1. The number of phenolic OH excluding ortho intramolecular Hbond substituents is 1. The van der Waals surface area contributed by atoms with Crippen molar-refractivity contribution in [2.45, 2.75) is 67.9 Å². The van der Waals surface area contributed by atoms with E-state index in [1.165, 1.54) is 21.6 Å². The summed E-state index contributed by atoms with van der Waals surface area (Å²) in [5.41, 5.74) is 7.87. The largest absolute Gasteiger partial charge is 0.508 e. The molecule has 0 radical (unpaired) electrons. The monoisotopic (exact) mass is 586 g/mol. The van der Waals surface area contributed by atoms with E-state index in [2.05, 4.69) is 16.0 Å². The lowest BCUT2D eigenvalue weighted by Crippen LogP contribution is -2.63. The summed E-state index contributed by atoms with van der Waals surface area (Å²) in [5.74, 6) is -2.58. The highest BCUT2D eigenvalue weighted by Gasteiger charge is 2.42. The Balaban J connectivity index is 1.58. The Labute approximate surface area is 240 Å². The molecule has 214 valence electrons. The van der Waals surface area contributed by atoms with Crippen molar-refractivity contribution in [2.24, 2.45) is 5.73 Å². The summed E-state index contributed by atoms with van der Waals surface area (Å²) in [6, 6.07) is 10.7. The quantitative estimate of drug-likeness (QED) is 0.284. The van der Waals surface area contributed by atoms with E-state index in [0.29, 0.717) is 12.8 Å². The number of rotatable bonds is 5. The van der Waals surface area contributed by atoms with E-state index in [-0.39, 0.29) is 24.3 Å². The van der Waals surface area contributed by atoms with Crippen LogP contribution in [0.25, 0.3) is 0 Å². The predicted molar refractivity (Wildman–Crippen MR) is 155 cm³/mol. The smallest absolute Gasteiger partial charge is 0.327 e. The molecule has 0 bridgehead atoms. The topological polar surface area (TPSA) is 171 Å². The molecule has 1 aliphatic carbocycles. The van der Waals surface area contributed by atoms with E-state index >= 15 is 0 Å². The van der Waals surface area contributed by atoms with Crippen molar-refractivity contribution in [3.63, 3.8) is 0 Å². The van der Waals surface area contributed by atoms with Gasteiger partial charge in [0, 0.05) is 12.2 Å². The molecule has 4 atom stereocenters. The Morgan fingerprint density at radius 3 is 2.50 bits per heavy atom. The second-order valence-electron chi connectivity index (χ2n) is 10.8. The molecule has 2 aromatic carbocycles. The van der Waals surface area contributed by atoms with Crippen molar-refractivity contribution >= 4 is 45.3 Å². The fourth-order valence-corrected chi connectivity index (χ4v) is 7.70. The molecule has 4 rings (SSSR count). The molecule has 2 aromatic rings. The van der Waals surface area contributed by atoms with Crippen molar-refractivity contribution in [2.75, 3.05) is 5.75 Å². The molecule has 10 nitrogen and oxygen atoms in total. The van der Waals surface area contributed by atoms with Gasteiger partial charge in [-0.05, 0) is 61.9 Å². The van der Waals surface area contributed by atoms with Gasteiger partial charge < -0.3 is 31.9 Å². The van der Waals surface area contributed by atoms with Crippen LogP contribution in [0.2, 0.25) is 0 Å². The first kappa shape index (κ1) is 29.8. The van der Waals surface area contributed by atoms with Crippen LogP contribution in [0.15, 0.2) is 48.5 Å². The van der Waals surface area contributed by atoms with Gasteiger partial charge in [-0.3, -0.25) is 14.4 Å². The highest BCUT2D eigenvalue weighted by atomic mass is 33.1. The summed E-state index contributed by atoms with van der Waals surface area (Å²) in [7, 11) is 2.47. The first-order valence-electron chi connectivity index (χ1n) is 13.0. The third-order valence-corrected chi connectivity index (χ3v) is 10.6. The zero-order chi connectivity index (χ0) is 29.1. The molecule has 1 fully saturated rings. The Morgan fingerprint density at radius 1 is 1.07 bits per heavy atom. The van der Waals surface area contributed by atoms with Crippen molar-refractivity contribution < 1.29 is 29.4 Å². The molecule has 1 saturated heterocycles. The Morgan fingerprint density at radius 2 is 1.80 bits per heavy atom. The van der Waals surface area contributed by atoms with Crippen LogP contribution in [0.3, 0.4) is 0 Å². The van der Waals surface area contributed by atoms with E-state index in [4.69, 9.17) is 5.73 Å². The van der Waals surface area contributed by atoms with Gasteiger partial charge in [0.1, 0.15) is 23.9 Å². The summed E-state index contributed by atoms with van der Waals surface area (Å²) in [6.45, 7) is 3.42. The molecule has 3 amide bonds. The van der Waals surface area contributed by atoms with Crippen LogP contribution in [-0.2, 0) is 38.4 Å². The molecule has 1 aliphatic heterocycles. The third kappa shape index (κ3) is 6.91. The molecular weight excluding hydrogens is 552 g/mol. The summed E-state index contributed by atoms with van der Waals surface area (Å²) in [4.78, 5) is 52.5. The van der Waals surface area contributed by atoms with Gasteiger partial charge in [-0.1, -0.05) is 58.0 Å². The van der Waals surface area contributed by atoms with Crippen molar-refractivity contribution in [3.8, 4) is 5.75 Å². The highest BCUT2D eigenvalue weighted by molar-refractivity contribution is 8.77. The van der Waals surface area contributed by atoms with E-state index in [1.807, 2.05) is 30.3 Å². The minimum Gasteiger partial charge on any atom is -0.508 e. The number of aryl methyl sites for hydroxylation is 1. The van der Waals surface area contributed by atoms with Crippen molar-refractivity contribution in [1.82, 2.24) is 16.0 Å². The van der Waals surface area contributed by atoms with Crippen LogP contribution in [0.1, 0.15) is 37.0 Å². The summed E-state index contributed by atoms with van der Waals surface area (Å²) in [6.07, 6.45) is 1.21.